The van der Waals surface area contributed by atoms with Crippen molar-refractivity contribution < 1.29 is 22.7 Å². The number of hydrogen-bond acceptors (Lipinski definition) is 3. The van der Waals surface area contributed by atoms with Gasteiger partial charge in [0, 0.05) is 26.9 Å². The van der Waals surface area contributed by atoms with Gasteiger partial charge in [0.25, 0.3) is 5.91 Å². The molecule has 0 fully saturated rings. The molecule has 0 aliphatic rings. The fourth-order valence-corrected chi connectivity index (χ4v) is 2.20. The van der Waals surface area contributed by atoms with Gasteiger partial charge in [-0.1, -0.05) is 15.9 Å². The predicted octanol–water partition coefficient (Wildman–Crippen LogP) is 2.58. The highest BCUT2D eigenvalue weighted by Crippen LogP contribution is 2.28. The zero-order valence-electron chi connectivity index (χ0n) is 10.9. The molecule has 112 valence electrons. The summed E-state index contributed by atoms with van der Waals surface area (Å²) in [5, 5.41) is 0. The maximum Gasteiger partial charge on any atom is 0.417 e. The summed E-state index contributed by atoms with van der Waals surface area (Å²) in [6, 6.07) is 1.91. The van der Waals surface area contributed by atoms with Gasteiger partial charge in [-0.15, -0.1) is 0 Å². The van der Waals surface area contributed by atoms with Gasteiger partial charge in [0.2, 0.25) is 0 Å². The monoisotopic (exact) mass is 354 g/mol. The number of aromatic nitrogens is 1. The Hall–Kier alpha value is -1.15. The van der Waals surface area contributed by atoms with Crippen molar-refractivity contribution in [3.63, 3.8) is 0 Å². The third-order valence-electron chi connectivity index (χ3n) is 2.48. The molecule has 1 heterocycles. The summed E-state index contributed by atoms with van der Waals surface area (Å²) in [6.45, 7) is 0.771. The summed E-state index contributed by atoms with van der Waals surface area (Å²) in [5.41, 5.74) is -0.910. The highest BCUT2D eigenvalue weighted by molar-refractivity contribution is 9.09. The van der Waals surface area contributed by atoms with Crippen LogP contribution in [0.4, 0.5) is 13.2 Å². The van der Waals surface area contributed by atoms with E-state index in [0.29, 0.717) is 19.3 Å². The number of hydrogen-bond donors (Lipinski definition) is 0. The number of methoxy groups -OCH3 is 1. The van der Waals surface area contributed by atoms with E-state index in [4.69, 9.17) is 4.74 Å². The standard InChI is InChI=1S/C12H14BrF3N2O2/c1-18(6-9(13)7-20-2)11(19)10-4-3-8(5-17-10)12(14,15)16/h3-5,9H,6-7H2,1-2H3. The second-order valence-electron chi connectivity index (χ2n) is 4.17. The molecule has 0 bridgehead atoms. The Balaban J connectivity index is 2.72. The summed E-state index contributed by atoms with van der Waals surface area (Å²) in [6.07, 6.45) is -3.80. The molecule has 0 radical (unpaired) electrons. The molecule has 1 aromatic heterocycles. The van der Waals surface area contributed by atoms with Gasteiger partial charge in [0.05, 0.1) is 17.0 Å². The molecule has 4 nitrogen and oxygen atoms in total. The molecule has 0 aromatic carbocycles. The van der Waals surface area contributed by atoms with E-state index in [0.717, 1.165) is 12.1 Å². The van der Waals surface area contributed by atoms with Crippen molar-refractivity contribution in [2.24, 2.45) is 0 Å². The Bertz CT molecular complexity index is 451. The van der Waals surface area contributed by atoms with Crippen molar-refractivity contribution in [1.29, 1.82) is 0 Å². The van der Waals surface area contributed by atoms with Crippen LogP contribution in [0.15, 0.2) is 18.3 Å². The highest BCUT2D eigenvalue weighted by Gasteiger charge is 2.31. The van der Waals surface area contributed by atoms with Crippen molar-refractivity contribution >= 4 is 21.8 Å². The second-order valence-corrected chi connectivity index (χ2v) is 5.46. The van der Waals surface area contributed by atoms with Gasteiger partial charge >= 0.3 is 6.18 Å². The number of carbonyl (C=O) groups excluding carboxylic acids is 1. The van der Waals surface area contributed by atoms with Gasteiger partial charge in [0.1, 0.15) is 5.69 Å². The molecule has 0 spiro atoms. The number of alkyl halides is 4. The quantitative estimate of drug-likeness (QED) is 0.763. The zero-order valence-corrected chi connectivity index (χ0v) is 12.5. The topological polar surface area (TPSA) is 42.4 Å². The largest absolute Gasteiger partial charge is 0.417 e. The van der Waals surface area contributed by atoms with Crippen LogP contribution < -0.4 is 0 Å². The average molecular weight is 355 g/mol. The minimum Gasteiger partial charge on any atom is -0.383 e. The summed E-state index contributed by atoms with van der Waals surface area (Å²) in [5.74, 6) is -0.445. The van der Waals surface area contributed by atoms with Crippen molar-refractivity contribution in [1.82, 2.24) is 9.88 Å². The first-order valence-electron chi connectivity index (χ1n) is 5.67. The van der Waals surface area contributed by atoms with Crippen LogP contribution in [0.3, 0.4) is 0 Å². The first kappa shape index (κ1) is 16.9. The number of nitrogens with zero attached hydrogens (tertiary/aromatic N) is 2. The highest BCUT2D eigenvalue weighted by atomic mass is 79.9. The molecule has 20 heavy (non-hydrogen) atoms. The van der Waals surface area contributed by atoms with Crippen molar-refractivity contribution in [2.75, 3.05) is 27.3 Å². The van der Waals surface area contributed by atoms with Crippen LogP contribution in [0.1, 0.15) is 16.1 Å². The van der Waals surface area contributed by atoms with Crippen LogP contribution in [0.2, 0.25) is 0 Å². The number of halogens is 4. The normalized spacial score (nSPS) is 13.1. The lowest BCUT2D eigenvalue weighted by molar-refractivity contribution is -0.137. The van der Waals surface area contributed by atoms with Crippen LogP contribution in [0, 0.1) is 0 Å². The summed E-state index contributed by atoms with van der Waals surface area (Å²) in [4.78, 5) is 16.8. The molecule has 1 aromatic rings. The molecule has 1 rings (SSSR count). The van der Waals surface area contributed by atoms with Crippen LogP contribution in [0.5, 0.6) is 0 Å². The number of carbonyl (C=O) groups is 1. The molecular formula is C12H14BrF3N2O2. The van der Waals surface area contributed by atoms with Gasteiger partial charge in [-0.3, -0.25) is 9.78 Å². The summed E-state index contributed by atoms with van der Waals surface area (Å²) < 4.78 is 42.1. The van der Waals surface area contributed by atoms with Crippen LogP contribution >= 0.6 is 15.9 Å². The van der Waals surface area contributed by atoms with Crippen LogP contribution in [0.25, 0.3) is 0 Å². The fraction of sp³-hybridized carbons (Fsp3) is 0.500. The minimum atomic E-state index is -4.46. The van der Waals surface area contributed by atoms with Crippen LogP contribution in [-0.2, 0) is 10.9 Å². The lowest BCUT2D eigenvalue weighted by atomic mass is 10.2. The Morgan fingerprint density at radius 2 is 2.15 bits per heavy atom. The molecule has 0 saturated heterocycles. The minimum absolute atomic E-state index is 0.0300. The first-order chi connectivity index (χ1) is 9.25. The fourth-order valence-electron chi connectivity index (χ4n) is 1.50. The molecule has 0 aliphatic heterocycles. The van der Waals surface area contributed by atoms with Gasteiger partial charge < -0.3 is 9.64 Å². The van der Waals surface area contributed by atoms with Crippen LogP contribution in [-0.4, -0.2) is 47.9 Å². The third kappa shape index (κ3) is 4.75. The lowest BCUT2D eigenvalue weighted by Crippen LogP contribution is -2.34. The van der Waals surface area contributed by atoms with Crippen molar-refractivity contribution in [2.45, 2.75) is 11.0 Å². The van der Waals surface area contributed by atoms with Gasteiger partial charge in [-0.05, 0) is 12.1 Å². The number of rotatable bonds is 5. The van der Waals surface area contributed by atoms with E-state index in [2.05, 4.69) is 20.9 Å². The molecule has 0 aliphatic carbocycles. The first-order valence-corrected chi connectivity index (χ1v) is 6.59. The second kappa shape index (κ2) is 7.03. The Morgan fingerprint density at radius 3 is 2.60 bits per heavy atom. The van der Waals surface area contributed by atoms with Gasteiger partial charge in [0.15, 0.2) is 0 Å². The summed E-state index contributed by atoms with van der Waals surface area (Å²) >= 11 is 3.33. The smallest absolute Gasteiger partial charge is 0.383 e. The molecule has 8 heteroatoms. The van der Waals surface area contributed by atoms with E-state index in [-0.39, 0.29) is 10.5 Å². The van der Waals surface area contributed by atoms with E-state index in [1.807, 2.05) is 0 Å². The molecule has 1 unspecified atom stereocenters. The Kier molecular flexibility index (Phi) is 5.94. The maximum absolute atomic E-state index is 12.4. The predicted molar refractivity (Wildman–Crippen MR) is 70.8 cm³/mol. The molecule has 1 atom stereocenters. The van der Waals surface area contributed by atoms with Gasteiger partial charge in [-0.25, -0.2) is 0 Å². The Morgan fingerprint density at radius 1 is 1.50 bits per heavy atom. The van der Waals surface area contributed by atoms with Crippen molar-refractivity contribution in [3.8, 4) is 0 Å². The maximum atomic E-state index is 12.4. The number of amides is 1. The number of pyridine rings is 1. The van der Waals surface area contributed by atoms with Crippen molar-refractivity contribution in [3.05, 3.63) is 29.6 Å². The average Bonchev–Trinajstić information content (AvgIpc) is 2.37. The molecule has 0 saturated carbocycles. The Labute approximate surface area is 123 Å². The van der Waals surface area contributed by atoms with E-state index in [1.54, 1.807) is 7.05 Å². The summed E-state index contributed by atoms with van der Waals surface area (Å²) in [7, 11) is 3.08. The molecular weight excluding hydrogens is 341 g/mol. The van der Waals surface area contributed by atoms with E-state index < -0.39 is 17.6 Å². The van der Waals surface area contributed by atoms with E-state index in [9.17, 15) is 18.0 Å². The zero-order chi connectivity index (χ0) is 15.3. The van der Waals surface area contributed by atoms with E-state index >= 15 is 0 Å². The SMILES string of the molecule is COCC(Br)CN(C)C(=O)c1ccc(C(F)(F)F)cn1. The lowest BCUT2D eigenvalue weighted by Gasteiger charge is -2.20. The van der Waals surface area contributed by atoms with E-state index in [1.165, 1.54) is 12.0 Å². The number of ether oxygens (including phenoxy) is 1. The molecule has 1 amide bonds. The van der Waals surface area contributed by atoms with Gasteiger partial charge in [-0.2, -0.15) is 13.2 Å². The third-order valence-corrected chi connectivity index (χ3v) is 3.03. The molecule has 0 N–H and O–H groups in total.